The largest absolute Gasteiger partial charge is 0.326 e. The number of anilines is 1. The van der Waals surface area contributed by atoms with Crippen molar-refractivity contribution in [3.63, 3.8) is 0 Å². The Morgan fingerprint density at radius 3 is 2.28 bits per heavy atom. The molecule has 0 radical (unpaired) electrons. The van der Waals surface area contributed by atoms with Crippen LogP contribution in [0.15, 0.2) is 65.6 Å². The monoisotopic (exact) mass is 404 g/mol. The summed E-state index contributed by atoms with van der Waals surface area (Å²) in [6.07, 6.45) is 2.61. The highest BCUT2D eigenvalue weighted by molar-refractivity contribution is 7.98. The lowest BCUT2D eigenvalue weighted by atomic mass is 9.94. The third-order valence-electron chi connectivity index (χ3n) is 4.99. The first kappa shape index (κ1) is 19.2. The molecule has 6 heteroatoms. The second kappa shape index (κ2) is 8.09. The summed E-state index contributed by atoms with van der Waals surface area (Å²) in [6, 6.07) is 18.6. The van der Waals surface area contributed by atoms with Gasteiger partial charge in [-0.1, -0.05) is 30.3 Å². The molecule has 1 aliphatic rings. The average Bonchev–Trinajstić information content (AvgIpc) is 2.74. The van der Waals surface area contributed by atoms with Gasteiger partial charge >= 0.3 is 0 Å². The highest BCUT2D eigenvalue weighted by atomic mass is 32.2. The van der Waals surface area contributed by atoms with Crippen molar-refractivity contribution in [1.29, 1.82) is 0 Å². The van der Waals surface area contributed by atoms with E-state index < -0.39 is 0 Å². The molecule has 1 aliphatic heterocycles. The van der Waals surface area contributed by atoms with Gasteiger partial charge in [0.15, 0.2) is 0 Å². The molecule has 3 amide bonds. The fraction of sp³-hybridized carbons (Fsp3) is 0.174. The van der Waals surface area contributed by atoms with Gasteiger partial charge in [-0.25, -0.2) is 0 Å². The number of carbonyl (C=O) groups excluding carboxylic acids is 3. The molecule has 0 bridgehead atoms. The number of nitrogens with zero attached hydrogens (tertiary/aromatic N) is 1. The molecule has 0 spiro atoms. The van der Waals surface area contributed by atoms with E-state index in [2.05, 4.69) is 5.32 Å². The second-order valence-corrected chi connectivity index (χ2v) is 7.73. The Bertz CT molecular complexity index is 1080. The Balaban J connectivity index is 1.42. The van der Waals surface area contributed by atoms with Crippen molar-refractivity contribution in [3.8, 4) is 0 Å². The second-order valence-electron chi connectivity index (χ2n) is 6.85. The Morgan fingerprint density at radius 1 is 0.966 bits per heavy atom. The summed E-state index contributed by atoms with van der Waals surface area (Å²) >= 11 is 1.61. The summed E-state index contributed by atoms with van der Waals surface area (Å²) in [6.45, 7) is 0.209. The van der Waals surface area contributed by atoms with E-state index in [-0.39, 0.29) is 30.7 Å². The number of benzene rings is 3. The van der Waals surface area contributed by atoms with E-state index in [1.807, 2.05) is 54.8 Å². The van der Waals surface area contributed by atoms with E-state index in [1.54, 1.807) is 23.9 Å². The van der Waals surface area contributed by atoms with Gasteiger partial charge in [0, 0.05) is 40.1 Å². The Kier molecular flexibility index (Phi) is 5.36. The first-order valence-corrected chi connectivity index (χ1v) is 10.6. The lowest BCUT2D eigenvalue weighted by Gasteiger charge is -2.27. The average molecular weight is 404 g/mol. The summed E-state index contributed by atoms with van der Waals surface area (Å²) < 4.78 is 0. The normalized spacial score (nSPS) is 13.1. The van der Waals surface area contributed by atoms with Gasteiger partial charge in [0.25, 0.3) is 11.8 Å². The highest BCUT2D eigenvalue weighted by Gasteiger charge is 2.32. The number of rotatable bonds is 6. The maximum absolute atomic E-state index is 12.9. The van der Waals surface area contributed by atoms with Gasteiger partial charge in [0.1, 0.15) is 0 Å². The number of amides is 3. The van der Waals surface area contributed by atoms with Crippen molar-refractivity contribution in [2.24, 2.45) is 0 Å². The van der Waals surface area contributed by atoms with E-state index in [0.717, 1.165) is 16.0 Å². The summed E-state index contributed by atoms with van der Waals surface area (Å²) in [5, 5.41) is 4.47. The number of carbonyl (C=O) groups is 3. The van der Waals surface area contributed by atoms with Crippen LogP contribution in [-0.2, 0) is 4.79 Å². The molecule has 0 unspecified atom stereocenters. The van der Waals surface area contributed by atoms with Gasteiger partial charge in [0.05, 0.1) is 0 Å². The molecule has 0 saturated carbocycles. The maximum atomic E-state index is 12.9. The first-order chi connectivity index (χ1) is 14.1. The van der Waals surface area contributed by atoms with Crippen molar-refractivity contribution >= 4 is 45.9 Å². The summed E-state index contributed by atoms with van der Waals surface area (Å²) in [4.78, 5) is 40.3. The van der Waals surface area contributed by atoms with Crippen LogP contribution in [0.2, 0.25) is 0 Å². The first-order valence-electron chi connectivity index (χ1n) is 9.40. The van der Waals surface area contributed by atoms with Crippen LogP contribution in [-0.4, -0.2) is 35.4 Å². The molecule has 0 atom stereocenters. The summed E-state index contributed by atoms with van der Waals surface area (Å²) in [7, 11) is 0. The zero-order chi connectivity index (χ0) is 20.4. The van der Waals surface area contributed by atoms with Crippen molar-refractivity contribution < 1.29 is 14.4 Å². The Hall–Kier alpha value is -3.12. The van der Waals surface area contributed by atoms with Gasteiger partial charge < -0.3 is 5.32 Å². The van der Waals surface area contributed by atoms with Crippen molar-refractivity contribution in [2.75, 3.05) is 18.1 Å². The predicted molar refractivity (Wildman–Crippen MR) is 115 cm³/mol. The number of hydrogen-bond acceptors (Lipinski definition) is 4. The molecule has 3 aromatic carbocycles. The van der Waals surface area contributed by atoms with E-state index in [4.69, 9.17) is 0 Å². The zero-order valence-corrected chi connectivity index (χ0v) is 16.8. The minimum absolute atomic E-state index is 0.136. The van der Waals surface area contributed by atoms with Crippen LogP contribution in [0.1, 0.15) is 33.6 Å². The smallest absolute Gasteiger partial charge is 0.261 e. The number of thioether (sulfide) groups is 1. The standard InChI is InChI=1S/C23H20N2O3S/c1-29-17-9-4-8-16(14-17)24-20(26)12-5-13-25-22(27)18-10-2-6-15-7-3-11-19(21(15)18)23(25)28/h2-4,6-11,14H,5,12-13H2,1H3,(H,24,26). The van der Waals surface area contributed by atoms with Crippen LogP contribution in [0.4, 0.5) is 5.69 Å². The summed E-state index contributed by atoms with van der Waals surface area (Å²) in [5.41, 5.74) is 1.82. The third-order valence-corrected chi connectivity index (χ3v) is 5.72. The van der Waals surface area contributed by atoms with Gasteiger partial charge in [-0.2, -0.15) is 0 Å². The van der Waals surface area contributed by atoms with Gasteiger partial charge in [-0.15, -0.1) is 11.8 Å². The van der Waals surface area contributed by atoms with Gasteiger partial charge in [-0.05, 0) is 48.4 Å². The van der Waals surface area contributed by atoms with Crippen molar-refractivity contribution in [3.05, 3.63) is 71.8 Å². The molecular formula is C23H20N2O3S. The lowest BCUT2D eigenvalue weighted by Crippen LogP contribution is -2.41. The summed E-state index contributed by atoms with van der Waals surface area (Å²) in [5.74, 6) is -0.734. The maximum Gasteiger partial charge on any atom is 0.261 e. The molecule has 1 heterocycles. The molecule has 29 heavy (non-hydrogen) atoms. The quantitative estimate of drug-likeness (QED) is 0.483. The molecule has 0 saturated heterocycles. The molecular weight excluding hydrogens is 384 g/mol. The van der Waals surface area contributed by atoms with E-state index in [0.29, 0.717) is 22.9 Å². The molecule has 3 aromatic rings. The van der Waals surface area contributed by atoms with Crippen molar-refractivity contribution in [1.82, 2.24) is 4.90 Å². The third kappa shape index (κ3) is 3.76. The molecule has 5 nitrogen and oxygen atoms in total. The van der Waals surface area contributed by atoms with Crippen LogP contribution in [0.5, 0.6) is 0 Å². The van der Waals surface area contributed by atoms with Crippen LogP contribution in [0.3, 0.4) is 0 Å². The highest BCUT2D eigenvalue weighted by Crippen LogP contribution is 2.30. The number of hydrogen-bond donors (Lipinski definition) is 1. The predicted octanol–water partition coefficient (Wildman–Crippen LogP) is 4.58. The molecule has 0 aromatic heterocycles. The Morgan fingerprint density at radius 2 is 1.62 bits per heavy atom. The SMILES string of the molecule is CSc1cccc(NC(=O)CCCN2C(=O)c3cccc4cccc(c34)C2=O)c1. The van der Waals surface area contributed by atoms with E-state index in [1.165, 1.54) is 4.90 Å². The fourth-order valence-electron chi connectivity index (χ4n) is 3.61. The Labute approximate surface area is 173 Å². The molecule has 4 rings (SSSR count). The van der Waals surface area contributed by atoms with E-state index >= 15 is 0 Å². The molecule has 0 fully saturated rings. The van der Waals surface area contributed by atoms with Crippen LogP contribution >= 0.6 is 11.8 Å². The van der Waals surface area contributed by atoms with Gasteiger partial charge in [-0.3, -0.25) is 19.3 Å². The number of nitrogens with one attached hydrogen (secondary N) is 1. The fourth-order valence-corrected chi connectivity index (χ4v) is 4.07. The molecule has 0 aliphatic carbocycles. The van der Waals surface area contributed by atoms with E-state index in [9.17, 15) is 14.4 Å². The van der Waals surface area contributed by atoms with Crippen LogP contribution in [0.25, 0.3) is 10.8 Å². The molecule has 1 N–H and O–H groups in total. The lowest BCUT2D eigenvalue weighted by molar-refractivity contribution is -0.116. The minimum atomic E-state index is -0.299. The molecule has 146 valence electrons. The minimum Gasteiger partial charge on any atom is -0.326 e. The van der Waals surface area contributed by atoms with Crippen LogP contribution < -0.4 is 5.32 Å². The van der Waals surface area contributed by atoms with Crippen molar-refractivity contribution in [2.45, 2.75) is 17.7 Å². The zero-order valence-electron chi connectivity index (χ0n) is 16.0. The van der Waals surface area contributed by atoms with Gasteiger partial charge in [0.2, 0.25) is 5.91 Å². The van der Waals surface area contributed by atoms with Crippen LogP contribution in [0, 0.1) is 0 Å². The topological polar surface area (TPSA) is 66.5 Å². The number of imide groups is 1.